The minimum atomic E-state index is -0.219. The molecule has 3 aromatic rings. The van der Waals surface area contributed by atoms with E-state index in [1.165, 1.54) is 18.6 Å². The molecule has 38 heavy (non-hydrogen) atoms. The molecule has 3 aromatic heterocycles. The molecule has 2 saturated heterocycles. The molecule has 1 amide bonds. The summed E-state index contributed by atoms with van der Waals surface area (Å²) < 4.78 is 17.0. The molecule has 2 aliphatic heterocycles. The fourth-order valence-corrected chi connectivity index (χ4v) is 6.77. The summed E-state index contributed by atoms with van der Waals surface area (Å²) in [7, 11) is 1.45. The third kappa shape index (κ3) is 5.34. The van der Waals surface area contributed by atoms with Crippen molar-refractivity contribution in [2.75, 3.05) is 51.8 Å². The summed E-state index contributed by atoms with van der Waals surface area (Å²) >= 11 is 1.44. The van der Waals surface area contributed by atoms with Crippen molar-refractivity contribution in [3.8, 4) is 0 Å². The smallest absolute Gasteiger partial charge is 0.409 e. The topological polar surface area (TPSA) is 111 Å². The van der Waals surface area contributed by atoms with Crippen molar-refractivity contribution < 1.29 is 14.3 Å². The van der Waals surface area contributed by atoms with Gasteiger partial charge in [0.15, 0.2) is 0 Å². The largest absolute Gasteiger partial charge is 0.453 e. The van der Waals surface area contributed by atoms with Gasteiger partial charge in [0, 0.05) is 57.5 Å². The maximum Gasteiger partial charge on any atom is 0.409 e. The first kappa shape index (κ1) is 25.4. The monoisotopic (exact) mass is 540 g/mol. The summed E-state index contributed by atoms with van der Waals surface area (Å²) in [6.07, 6.45) is 9.91. The van der Waals surface area contributed by atoms with E-state index in [4.69, 9.17) is 19.4 Å². The minimum absolute atomic E-state index is 0.219. The van der Waals surface area contributed by atoms with E-state index in [0.29, 0.717) is 24.5 Å². The Bertz CT molecular complexity index is 1260. The predicted octanol–water partition coefficient (Wildman–Crippen LogP) is 3.25. The van der Waals surface area contributed by atoms with Gasteiger partial charge in [-0.25, -0.2) is 14.8 Å². The van der Waals surface area contributed by atoms with Crippen molar-refractivity contribution in [2.45, 2.75) is 63.6 Å². The molecule has 1 saturated carbocycles. The van der Waals surface area contributed by atoms with Crippen LogP contribution in [0, 0.1) is 6.92 Å². The molecule has 3 aliphatic rings. The van der Waals surface area contributed by atoms with Crippen LogP contribution in [0.3, 0.4) is 0 Å². The standard InChI is InChI=1S/C26H36N8O3S/c1-17-23-24(28-19-3-5-20(6-4-19)32-8-10-33(11-9-32)26(35)36-2)29-22(30-25(23)38-31-17)13-18-14-27-34(15-18)21-7-12-37-16-21/h14-15,19-21H,3-13,16H2,1-2H3,(H,28,29,30)/t19?,20?,21-/m0/s1. The maximum atomic E-state index is 11.8. The Morgan fingerprint density at radius 2 is 1.95 bits per heavy atom. The van der Waals surface area contributed by atoms with Crippen LogP contribution < -0.4 is 5.32 Å². The molecule has 0 unspecified atom stereocenters. The molecule has 204 valence electrons. The van der Waals surface area contributed by atoms with Crippen LogP contribution >= 0.6 is 11.5 Å². The zero-order valence-corrected chi connectivity index (χ0v) is 23.0. The summed E-state index contributed by atoms with van der Waals surface area (Å²) in [5.74, 6) is 1.70. The first-order valence-corrected chi connectivity index (χ1v) is 14.4. The minimum Gasteiger partial charge on any atom is -0.453 e. The van der Waals surface area contributed by atoms with Crippen molar-refractivity contribution >= 4 is 33.7 Å². The van der Waals surface area contributed by atoms with Crippen LogP contribution in [0.15, 0.2) is 12.4 Å². The average Bonchev–Trinajstić information content (AvgIpc) is 3.71. The number of nitrogens with one attached hydrogen (secondary N) is 1. The summed E-state index contributed by atoms with van der Waals surface area (Å²) in [5, 5.41) is 9.38. The molecule has 12 heteroatoms. The number of methoxy groups -OCH3 is 1. The predicted molar refractivity (Wildman–Crippen MR) is 145 cm³/mol. The van der Waals surface area contributed by atoms with Gasteiger partial charge in [-0.2, -0.15) is 9.47 Å². The lowest BCUT2D eigenvalue weighted by Gasteiger charge is -2.41. The highest BCUT2D eigenvalue weighted by molar-refractivity contribution is 7.13. The molecule has 3 fully saturated rings. The molecular weight excluding hydrogens is 504 g/mol. The SMILES string of the molecule is COC(=O)N1CCN(C2CCC(Nc3nc(Cc4cnn([C@H]5CCOC5)c4)nc4snc(C)c34)CC2)CC1. The van der Waals surface area contributed by atoms with Gasteiger partial charge in [-0.3, -0.25) is 9.58 Å². The van der Waals surface area contributed by atoms with E-state index in [1.54, 1.807) is 4.90 Å². The molecule has 0 radical (unpaired) electrons. The Morgan fingerprint density at radius 1 is 1.13 bits per heavy atom. The quantitative estimate of drug-likeness (QED) is 0.504. The van der Waals surface area contributed by atoms with Gasteiger partial charge in [-0.1, -0.05) is 0 Å². The number of carbonyl (C=O) groups is 1. The van der Waals surface area contributed by atoms with Crippen molar-refractivity contribution in [2.24, 2.45) is 0 Å². The molecular formula is C26H36N8O3S. The van der Waals surface area contributed by atoms with Crippen LogP contribution in [0.4, 0.5) is 10.6 Å². The number of piperazine rings is 1. The van der Waals surface area contributed by atoms with Crippen molar-refractivity contribution in [1.82, 2.24) is 33.9 Å². The second kappa shape index (κ2) is 11.1. The van der Waals surface area contributed by atoms with Crippen molar-refractivity contribution in [3.05, 3.63) is 29.5 Å². The molecule has 0 bridgehead atoms. The highest BCUT2D eigenvalue weighted by Crippen LogP contribution is 2.31. The summed E-state index contributed by atoms with van der Waals surface area (Å²) in [4.78, 5) is 26.9. The van der Waals surface area contributed by atoms with Crippen LogP contribution in [0.1, 0.15) is 55.2 Å². The molecule has 11 nitrogen and oxygen atoms in total. The second-order valence-corrected chi connectivity index (χ2v) is 11.4. The van der Waals surface area contributed by atoms with Crippen LogP contribution in [-0.4, -0.2) is 98.6 Å². The van der Waals surface area contributed by atoms with Crippen molar-refractivity contribution in [3.63, 3.8) is 0 Å². The number of aryl methyl sites for hydroxylation is 1. The molecule has 0 aromatic carbocycles. The lowest BCUT2D eigenvalue weighted by atomic mass is 9.89. The third-order valence-corrected chi connectivity index (χ3v) is 8.98. The summed E-state index contributed by atoms with van der Waals surface area (Å²) in [6, 6.07) is 1.26. The van der Waals surface area contributed by atoms with E-state index in [1.807, 2.05) is 17.8 Å². The van der Waals surface area contributed by atoms with Gasteiger partial charge >= 0.3 is 6.09 Å². The highest BCUT2D eigenvalue weighted by atomic mass is 32.1. The number of amides is 1. The lowest BCUT2D eigenvalue weighted by Crippen LogP contribution is -2.53. The van der Waals surface area contributed by atoms with Crippen molar-refractivity contribution in [1.29, 1.82) is 0 Å². The van der Waals surface area contributed by atoms with Gasteiger partial charge in [0.2, 0.25) is 0 Å². The van der Waals surface area contributed by atoms with E-state index in [2.05, 4.69) is 25.9 Å². The number of hydrogen-bond donors (Lipinski definition) is 1. The van der Waals surface area contributed by atoms with E-state index >= 15 is 0 Å². The Morgan fingerprint density at radius 3 is 2.68 bits per heavy atom. The van der Waals surface area contributed by atoms with Crippen LogP contribution in [-0.2, 0) is 15.9 Å². The number of anilines is 1. The number of rotatable bonds is 6. The number of aromatic nitrogens is 5. The summed E-state index contributed by atoms with van der Waals surface area (Å²) in [6.45, 7) is 6.87. The Hall–Kier alpha value is -2.83. The normalized spacial score (nSPS) is 24.7. The fraction of sp³-hybridized carbons (Fsp3) is 0.654. The molecule has 1 atom stereocenters. The number of carbonyl (C=O) groups excluding carboxylic acids is 1. The Balaban J connectivity index is 1.10. The zero-order chi connectivity index (χ0) is 26.1. The van der Waals surface area contributed by atoms with E-state index in [-0.39, 0.29) is 6.09 Å². The van der Waals surface area contributed by atoms with Gasteiger partial charge in [0.05, 0.1) is 37.0 Å². The van der Waals surface area contributed by atoms with Gasteiger partial charge < -0.3 is 19.7 Å². The van der Waals surface area contributed by atoms with Crippen LogP contribution in [0.2, 0.25) is 0 Å². The maximum absolute atomic E-state index is 11.8. The first-order chi connectivity index (χ1) is 18.6. The molecule has 1 N–H and O–H groups in total. The number of nitrogens with zero attached hydrogens (tertiary/aromatic N) is 7. The number of fused-ring (bicyclic) bond motifs is 1. The highest BCUT2D eigenvalue weighted by Gasteiger charge is 2.30. The average molecular weight is 541 g/mol. The first-order valence-electron chi connectivity index (χ1n) is 13.6. The van der Waals surface area contributed by atoms with Gasteiger partial charge in [0.25, 0.3) is 0 Å². The van der Waals surface area contributed by atoms with Gasteiger partial charge in [0.1, 0.15) is 16.5 Å². The molecule has 5 heterocycles. The fourth-order valence-electron chi connectivity index (χ4n) is 5.98. The number of hydrogen-bond acceptors (Lipinski definition) is 10. The molecule has 0 spiro atoms. The van der Waals surface area contributed by atoms with E-state index in [0.717, 1.165) is 105 Å². The van der Waals surface area contributed by atoms with E-state index < -0.39 is 0 Å². The number of ether oxygens (including phenoxy) is 2. The Kier molecular flexibility index (Phi) is 7.44. The van der Waals surface area contributed by atoms with Crippen LogP contribution in [0.25, 0.3) is 10.2 Å². The summed E-state index contributed by atoms with van der Waals surface area (Å²) in [5.41, 5.74) is 2.08. The van der Waals surface area contributed by atoms with E-state index in [9.17, 15) is 4.79 Å². The Labute approximate surface area is 226 Å². The lowest BCUT2D eigenvalue weighted by molar-refractivity contribution is 0.0642. The molecule has 1 aliphatic carbocycles. The molecule has 6 rings (SSSR count). The zero-order valence-electron chi connectivity index (χ0n) is 22.1. The third-order valence-electron chi connectivity index (χ3n) is 8.15. The van der Waals surface area contributed by atoms with Gasteiger partial charge in [-0.05, 0) is 56.1 Å². The van der Waals surface area contributed by atoms with Gasteiger partial charge in [-0.15, -0.1) is 0 Å². The second-order valence-electron chi connectivity index (χ2n) is 10.6. The van der Waals surface area contributed by atoms with Crippen LogP contribution in [0.5, 0.6) is 0 Å².